The van der Waals surface area contributed by atoms with E-state index in [4.69, 9.17) is 0 Å². The molecule has 0 aromatic carbocycles. The molecule has 0 unspecified atom stereocenters. The first-order chi connectivity index (χ1) is 10.9. The Kier molecular flexibility index (Phi) is 6.25. The Morgan fingerprint density at radius 1 is 1.26 bits per heavy atom. The lowest BCUT2D eigenvalue weighted by molar-refractivity contribution is -0.133. The van der Waals surface area contributed by atoms with Crippen LogP contribution in [-0.4, -0.2) is 33.2 Å². The zero-order valence-corrected chi connectivity index (χ0v) is 15.6. The predicted molar refractivity (Wildman–Crippen MR) is 94.5 cm³/mol. The first-order valence-electron chi connectivity index (χ1n) is 9.26. The third-order valence-corrected chi connectivity index (χ3v) is 5.07. The fraction of sp³-hybridized carbons (Fsp3) is 0.789. The zero-order valence-electron chi connectivity index (χ0n) is 15.6. The number of amides is 1. The van der Waals surface area contributed by atoms with Gasteiger partial charge in [0.05, 0.1) is 12.1 Å². The van der Waals surface area contributed by atoms with Crippen LogP contribution in [0.25, 0.3) is 0 Å². The molecular weight excluding hydrogens is 286 g/mol. The molecule has 0 saturated heterocycles. The Hall–Kier alpha value is -1.32. The van der Waals surface area contributed by atoms with Crippen LogP contribution in [0.5, 0.6) is 0 Å². The summed E-state index contributed by atoms with van der Waals surface area (Å²) in [7, 11) is 0. The van der Waals surface area contributed by atoms with Crippen LogP contribution < -0.4 is 0 Å². The van der Waals surface area contributed by atoms with Crippen LogP contribution >= 0.6 is 0 Å². The van der Waals surface area contributed by atoms with Crippen LogP contribution in [0.1, 0.15) is 69.8 Å². The second-order valence-corrected chi connectivity index (χ2v) is 7.37. The number of carbonyl (C=O) groups is 1. The maximum Gasteiger partial charge on any atom is 0.227 e. The molecule has 2 rings (SSSR count). The van der Waals surface area contributed by atoms with E-state index in [1.165, 1.54) is 32.1 Å². The molecule has 0 atom stereocenters. The zero-order chi connectivity index (χ0) is 17.0. The lowest BCUT2D eigenvalue weighted by Crippen LogP contribution is -2.42. The fourth-order valence-electron chi connectivity index (χ4n) is 3.80. The normalized spacial score (nSPS) is 16.1. The molecule has 1 saturated carbocycles. The van der Waals surface area contributed by atoms with Gasteiger partial charge < -0.3 is 4.90 Å². The molecule has 0 bridgehead atoms. The predicted octanol–water partition coefficient (Wildman–Crippen LogP) is 3.88. The molecule has 4 heteroatoms. The van der Waals surface area contributed by atoms with Crippen molar-refractivity contribution in [1.82, 2.24) is 14.7 Å². The standard InChI is InChI=1S/C19H33N3O/c1-6-21(17-10-8-7-9-11-17)19(23)12-18-15(4)20-22(16(18)5)13-14(2)3/h14,17H,6-13H2,1-5H3. The Bertz CT molecular complexity index is 527. The van der Waals surface area contributed by atoms with Crippen LogP contribution in [0.2, 0.25) is 0 Å². The van der Waals surface area contributed by atoms with Crippen LogP contribution in [0.15, 0.2) is 0 Å². The van der Waals surface area contributed by atoms with Crippen LogP contribution in [0.3, 0.4) is 0 Å². The number of hydrogen-bond donors (Lipinski definition) is 0. The van der Waals surface area contributed by atoms with Crippen LogP contribution in [-0.2, 0) is 17.8 Å². The lowest BCUT2D eigenvalue weighted by atomic mass is 9.93. The van der Waals surface area contributed by atoms with Gasteiger partial charge in [0.1, 0.15) is 0 Å². The monoisotopic (exact) mass is 319 g/mol. The van der Waals surface area contributed by atoms with Gasteiger partial charge in [0.2, 0.25) is 5.91 Å². The Morgan fingerprint density at radius 3 is 2.48 bits per heavy atom. The molecule has 1 aromatic rings. The molecule has 0 radical (unpaired) electrons. The van der Waals surface area contributed by atoms with Gasteiger partial charge in [0.25, 0.3) is 0 Å². The second kappa shape index (κ2) is 7.98. The first kappa shape index (κ1) is 18.0. The van der Waals surface area contributed by atoms with E-state index in [1.54, 1.807) is 0 Å². The van der Waals surface area contributed by atoms with Crippen molar-refractivity contribution in [3.63, 3.8) is 0 Å². The Balaban J connectivity index is 2.10. The van der Waals surface area contributed by atoms with Gasteiger partial charge in [-0.1, -0.05) is 33.1 Å². The number of likely N-dealkylation sites (N-methyl/N-ethyl adjacent to an activating group) is 1. The van der Waals surface area contributed by atoms with Gasteiger partial charge >= 0.3 is 0 Å². The highest BCUT2D eigenvalue weighted by Gasteiger charge is 2.25. The Labute approximate surface area is 141 Å². The number of hydrogen-bond acceptors (Lipinski definition) is 2. The molecule has 0 aliphatic heterocycles. The van der Waals surface area contributed by atoms with Gasteiger partial charge in [-0.15, -0.1) is 0 Å². The summed E-state index contributed by atoms with van der Waals surface area (Å²) < 4.78 is 2.07. The average molecular weight is 319 g/mol. The van der Waals surface area contributed by atoms with E-state index in [-0.39, 0.29) is 5.91 Å². The third kappa shape index (κ3) is 4.36. The minimum Gasteiger partial charge on any atom is -0.340 e. The minimum absolute atomic E-state index is 0.273. The van der Waals surface area contributed by atoms with E-state index in [0.29, 0.717) is 18.4 Å². The summed E-state index contributed by atoms with van der Waals surface area (Å²) in [6.07, 6.45) is 6.69. The van der Waals surface area contributed by atoms with E-state index >= 15 is 0 Å². The smallest absolute Gasteiger partial charge is 0.227 e. The summed E-state index contributed by atoms with van der Waals surface area (Å²) in [5.41, 5.74) is 3.30. The van der Waals surface area contributed by atoms with Gasteiger partial charge in [-0.2, -0.15) is 5.10 Å². The van der Waals surface area contributed by atoms with Crippen molar-refractivity contribution < 1.29 is 4.79 Å². The largest absolute Gasteiger partial charge is 0.340 e. The first-order valence-corrected chi connectivity index (χ1v) is 9.26. The van der Waals surface area contributed by atoms with Crippen LogP contribution in [0.4, 0.5) is 0 Å². The molecule has 23 heavy (non-hydrogen) atoms. The van der Waals surface area contributed by atoms with Gasteiger partial charge in [0.15, 0.2) is 0 Å². The van der Waals surface area contributed by atoms with Crippen molar-refractivity contribution in [2.45, 2.75) is 85.7 Å². The molecule has 1 aliphatic carbocycles. The summed E-state index contributed by atoms with van der Waals surface area (Å²) in [5.74, 6) is 0.834. The van der Waals surface area contributed by atoms with Crippen molar-refractivity contribution in [1.29, 1.82) is 0 Å². The summed E-state index contributed by atoms with van der Waals surface area (Å²) in [4.78, 5) is 15.0. The summed E-state index contributed by atoms with van der Waals surface area (Å²) >= 11 is 0. The van der Waals surface area contributed by atoms with Gasteiger partial charge in [-0.05, 0) is 39.5 Å². The van der Waals surface area contributed by atoms with E-state index in [1.807, 2.05) is 6.92 Å². The molecule has 0 spiro atoms. The maximum absolute atomic E-state index is 12.9. The van der Waals surface area contributed by atoms with Crippen molar-refractivity contribution >= 4 is 5.91 Å². The van der Waals surface area contributed by atoms with Crippen molar-refractivity contribution in [2.24, 2.45) is 5.92 Å². The second-order valence-electron chi connectivity index (χ2n) is 7.37. The average Bonchev–Trinajstić information content (AvgIpc) is 2.76. The van der Waals surface area contributed by atoms with E-state index < -0.39 is 0 Å². The topological polar surface area (TPSA) is 38.1 Å². The van der Waals surface area contributed by atoms with Gasteiger partial charge in [-0.3, -0.25) is 9.48 Å². The Morgan fingerprint density at radius 2 is 1.91 bits per heavy atom. The molecule has 1 fully saturated rings. The summed E-state index contributed by atoms with van der Waals surface area (Å²) in [6.45, 7) is 12.4. The fourth-order valence-corrected chi connectivity index (χ4v) is 3.80. The number of carbonyl (C=O) groups excluding carboxylic acids is 1. The lowest BCUT2D eigenvalue weighted by Gasteiger charge is -2.33. The number of nitrogens with zero attached hydrogens (tertiary/aromatic N) is 3. The third-order valence-electron chi connectivity index (χ3n) is 5.07. The minimum atomic E-state index is 0.273. The highest BCUT2D eigenvalue weighted by atomic mass is 16.2. The summed E-state index contributed by atoms with van der Waals surface area (Å²) in [6, 6.07) is 0.451. The molecule has 0 N–H and O–H groups in total. The molecule has 1 amide bonds. The van der Waals surface area contributed by atoms with E-state index in [9.17, 15) is 4.79 Å². The van der Waals surface area contributed by atoms with Crippen LogP contribution in [0, 0.1) is 19.8 Å². The number of aryl methyl sites for hydroxylation is 1. The quantitative estimate of drug-likeness (QED) is 0.798. The summed E-state index contributed by atoms with van der Waals surface area (Å²) in [5, 5.41) is 4.65. The highest BCUT2D eigenvalue weighted by molar-refractivity contribution is 5.79. The van der Waals surface area contributed by atoms with Gasteiger partial charge in [0, 0.05) is 30.4 Å². The maximum atomic E-state index is 12.9. The molecule has 1 heterocycles. The van der Waals surface area contributed by atoms with Gasteiger partial charge in [-0.25, -0.2) is 0 Å². The van der Waals surface area contributed by atoms with E-state index in [0.717, 1.165) is 30.0 Å². The number of aromatic nitrogens is 2. The molecule has 4 nitrogen and oxygen atoms in total. The SMILES string of the molecule is CCN(C(=O)Cc1c(C)nn(CC(C)C)c1C)C1CCCCC1. The molecular formula is C19H33N3O. The van der Waals surface area contributed by atoms with Crippen molar-refractivity contribution in [3.8, 4) is 0 Å². The van der Waals surface area contributed by atoms with E-state index in [2.05, 4.69) is 42.4 Å². The molecule has 1 aromatic heterocycles. The van der Waals surface area contributed by atoms with Crippen molar-refractivity contribution in [3.05, 3.63) is 17.0 Å². The molecule has 130 valence electrons. The number of rotatable bonds is 6. The van der Waals surface area contributed by atoms with Crippen molar-refractivity contribution in [2.75, 3.05) is 6.54 Å². The highest BCUT2D eigenvalue weighted by Crippen LogP contribution is 2.24. The molecule has 1 aliphatic rings.